The minimum absolute atomic E-state index is 0.480. The summed E-state index contributed by atoms with van der Waals surface area (Å²) >= 11 is 2.13. The van der Waals surface area contributed by atoms with Gasteiger partial charge in [-0.3, -0.25) is 0 Å². The molecule has 2 fully saturated rings. The van der Waals surface area contributed by atoms with E-state index in [1.54, 1.807) is 0 Å². The lowest BCUT2D eigenvalue weighted by molar-refractivity contribution is 0.0544. The van der Waals surface area contributed by atoms with Crippen molar-refractivity contribution in [1.29, 1.82) is 0 Å². The Morgan fingerprint density at radius 3 is 2.81 bits per heavy atom. The Hall–Kier alpha value is 0.270. The van der Waals surface area contributed by atoms with E-state index in [0.717, 1.165) is 17.8 Å². The molecule has 2 aliphatic rings. The summed E-state index contributed by atoms with van der Waals surface area (Å²) in [7, 11) is 0. The first kappa shape index (κ1) is 12.7. The summed E-state index contributed by atoms with van der Waals surface area (Å²) in [5.41, 5.74) is 0. The highest BCUT2D eigenvalue weighted by Gasteiger charge is 2.26. The lowest BCUT2D eigenvalue weighted by Crippen LogP contribution is -2.34. The van der Waals surface area contributed by atoms with E-state index in [9.17, 15) is 0 Å². The summed E-state index contributed by atoms with van der Waals surface area (Å²) in [6.45, 7) is 5.52. The quantitative estimate of drug-likeness (QED) is 0.802. The molecule has 3 heteroatoms. The molecule has 16 heavy (non-hydrogen) atoms. The van der Waals surface area contributed by atoms with Crippen molar-refractivity contribution in [2.24, 2.45) is 0 Å². The molecule has 0 radical (unpaired) electrons. The van der Waals surface area contributed by atoms with E-state index in [4.69, 9.17) is 4.74 Å². The monoisotopic (exact) mass is 243 g/mol. The van der Waals surface area contributed by atoms with Crippen molar-refractivity contribution in [2.75, 3.05) is 12.3 Å². The van der Waals surface area contributed by atoms with Crippen LogP contribution in [0.15, 0.2) is 0 Å². The zero-order chi connectivity index (χ0) is 11.4. The zero-order valence-electron chi connectivity index (χ0n) is 10.6. The lowest BCUT2D eigenvalue weighted by Gasteiger charge is -2.17. The van der Waals surface area contributed by atoms with Crippen LogP contribution in [0.4, 0.5) is 0 Å². The second kappa shape index (κ2) is 6.27. The van der Waals surface area contributed by atoms with Gasteiger partial charge in [0.1, 0.15) is 0 Å². The van der Waals surface area contributed by atoms with E-state index in [1.807, 2.05) is 0 Å². The third-order valence-corrected chi connectivity index (χ3v) is 4.97. The van der Waals surface area contributed by atoms with Crippen LogP contribution in [0.3, 0.4) is 0 Å². The van der Waals surface area contributed by atoms with Gasteiger partial charge in [-0.15, -0.1) is 0 Å². The number of hydrogen-bond donors (Lipinski definition) is 1. The smallest absolute Gasteiger partial charge is 0.0704 e. The molecule has 2 rings (SSSR count). The molecule has 0 aromatic carbocycles. The average molecular weight is 243 g/mol. The van der Waals surface area contributed by atoms with Gasteiger partial charge in [0.25, 0.3) is 0 Å². The van der Waals surface area contributed by atoms with E-state index in [-0.39, 0.29) is 0 Å². The Balaban J connectivity index is 1.60. The summed E-state index contributed by atoms with van der Waals surface area (Å²) in [6.07, 6.45) is 7.57. The standard InChI is InChI=1S/C13H25NOS/c1-3-16-13-7-5-11(8-13)14-9-12-6-4-10(2)15-12/h10-14H,3-9H2,1-2H3. The van der Waals surface area contributed by atoms with Gasteiger partial charge in [-0.25, -0.2) is 0 Å². The van der Waals surface area contributed by atoms with Crippen molar-refractivity contribution in [1.82, 2.24) is 5.32 Å². The van der Waals surface area contributed by atoms with Crippen molar-refractivity contribution < 1.29 is 4.74 Å². The summed E-state index contributed by atoms with van der Waals surface area (Å²) in [4.78, 5) is 0. The Morgan fingerprint density at radius 1 is 1.25 bits per heavy atom. The molecule has 0 bridgehead atoms. The molecule has 2 nitrogen and oxygen atoms in total. The lowest BCUT2D eigenvalue weighted by atomic mass is 10.2. The van der Waals surface area contributed by atoms with Crippen LogP contribution in [0.25, 0.3) is 0 Å². The molecule has 1 heterocycles. The molecule has 1 saturated heterocycles. The van der Waals surface area contributed by atoms with Crippen LogP contribution in [0, 0.1) is 0 Å². The molecule has 0 aromatic heterocycles. The minimum Gasteiger partial charge on any atom is -0.374 e. The molecular formula is C13H25NOS. The number of thioether (sulfide) groups is 1. The Morgan fingerprint density at radius 2 is 2.12 bits per heavy atom. The first-order chi connectivity index (χ1) is 7.78. The molecule has 94 valence electrons. The Kier molecular flexibility index (Phi) is 4.98. The third-order valence-electron chi connectivity index (χ3n) is 3.74. The predicted molar refractivity (Wildman–Crippen MR) is 71.1 cm³/mol. The maximum Gasteiger partial charge on any atom is 0.0704 e. The first-order valence-corrected chi connectivity index (χ1v) is 7.83. The normalized spacial score (nSPS) is 39.4. The number of ether oxygens (including phenoxy) is 1. The number of nitrogens with one attached hydrogen (secondary N) is 1. The van der Waals surface area contributed by atoms with Crippen LogP contribution in [-0.2, 0) is 4.74 Å². The highest BCUT2D eigenvalue weighted by atomic mass is 32.2. The summed E-state index contributed by atoms with van der Waals surface area (Å²) in [5, 5.41) is 4.60. The average Bonchev–Trinajstić information content (AvgIpc) is 2.85. The van der Waals surface area contributed by atoms with Gasteiger partial charge in [-0.1, -0.05) is 6.92 Å². The number of rotatable bonds is 5. The molecule has 4 unspecified atom stereocenters. The van der Waals surface area contributed by atoms with Gasteiger partial charge in [0.2, 0.25) is 0 Å². The topological polar surface area (TPSA) is 21.3 Å². The van der Waals surface area contributed by atoms with Crippen LogP contribution in [0.1, 0.15) is 46.0 Å². The molecule has 1 aliphatic carbocycles. The van der Waals surface area contributed by atoms with Crippen LogP contribution in [0.2, 0.25) is 0 Å². The van der Waals surface area contributed by atoms with Crippen molar-refractivity contribution in [3.63, 3.8) is 0 Å². The van der Waals surface area contributed by atoms with Gasteiger partial charge >= 0.3 is 0 Å². The van der Waals surface area contributed by atoms with Crippen LogP contribution in [0.5, 0.6) is 0 Å². The molecule has 0 spiro atoms. The Labute approximate surface area is 104 Å². The van der Waals surface area contributed by atoms with Gasteiger partial charge in [-0.05, 0) is 44.8 Å². The van der Waals surface area contributed by atoms with Gasteiger partial charge in [0.05, 0.1) is 12.2 Å². The van der Waals surface area contributed by atoms with Crippen LogP contribution >= 0.6 is 11.8 Å². The third kappa shape index (κ3) is 3.64. The summed E-state index contributed by atoms with van der Waals surface area (Å²) in [6, 6.07) is 0.753. The summed E-state index contributed by atoms with van der Waals surface area (Å²) < 4.78 is 5.83. The molecule has 1 N–H and O–H groups in total. The second-order valence-corrected chi connectivity index (χ2v) is 6.72. The fourth-order valence-corrected chi connectivity index (χ4v) is 3.99. The van der Waals surface area contributed by atoms with Gasteiger partial charge in [0.15, 0.2) is 0 Å². The van der Waals surface area contributed by atoms with E-state index in [0.29, 0.717) is 12.2 Å². The maximum atomic E-state index is 5.83. The van der Waals surface area contributed by atoms with E-state index < -0.39 is 0 Å². The largest absolute Gasteiger partial charge is 0.374 e. The fourth-order valence-electron chi connectivity index (χ4n) is 2.85. The van der Waals surface area contributed by atoms with Gasteiger partial charge in [-0.2, -0.15) is 11.8 Å². The van der Waals surface area contributed by atoms with E-state index in [2.05, 4.69) is 30.9 Å². The molecule has 1 aliphatic heterocycles. The highest BCUT2D eigenvalue weighted by Crippen LogP contribution is 2.30. The fraction of sp³-hybridized carbons (Fsp3) is 1.00. The maximum absolute atomic E-state index is 5.83. The van der Waals surface area contributed by atoms with Crippen LogP contribution < -0.4 is 5.32 Å². The second-order valence-electron chi connectivity index (χ2n) is 5.14. The van der Waals surface area contributed by atoms with Gasteiger partial charge < -0.3 is 10.1 Å². The van der Waals surface area contributed by atoms with E-state index >= 15 is 0 Å². The predicted octanol–water partition coefficient (Wildman–Crippen LogP) is 2.82. The first-order valence-electron chi connectivity index (χ1n) is 6.78. The molecule has 1 saturated carbocycles. The van der Waals surface area contributed by atoms with Crippen molar-refractivity contribution in [3.8, 4) is 0 Å². The van der Waals surface area contributed by atoms with E-state index in [1.165, 1.54) is 37.9 Å². The van der Waals surface area contributed by atoms with Crippen molar-refractivity contribution >= 4 is 11.8 Å². The molecule has 0 aromatic rings. The summed E-state index contributed by atoms with van der Waals surface area (Å²) in [5.74, 6) is 1.26. The molecule has 0 amide bonds. The Bertz CT molecular complexity index is 212. The SMILES string of the molecule is CCSC1CCC(NCC2CCC(C)O2)C1. The van der Waals surface area contributed by atoms with Crippen LogP contribution in [-0.4, -0.2) is 35.8 Å². The molecular weight excluding hydrogens is 218 g/mol. The number of hydrogen-bond acceptors (Lipinski definition) is 3. The minimum atomic E-state index is 0.480. The molecule has 4 atom stereocenters. The van der Waals surface area contributed by atoms with Gasteiger partial charge in [0, 0.05) is 17.8 Å². The van der Waals surface area contributed by atoms with Crippen molar-refractivity contribution in [2.45, 2.75) is 69.5 Å². The highest BCUT2D eigenvalue weighted by molar-refractivity contribution is 7.99. The van der Waals surface area contributed by atoms with Crippen molar-refractivity contribution in [3.05, 3.63) is 0 Å². The zero-order valence-corrected chi connectivity index (χ0v) is 11.4.